The van der Waals surface area contributed by atoms with E-state index in [0.717, 1.165) is 42.6 Å². The van der Waals surface area contributed by atoms with E-state index in [2.05, 4.69) is 22.2 Å². The van der Waals surface area contributed by atoms with E-state index in [1.807, 2.05) is 36.1 Å². The van der Waals surface area contributed by atoms with Crippen molar-refractivity contribution in [3.63, 3.8) is 0 Å². The molecule has 1 aliphatic rings. The van der Waals surface area contributed by atoms with Gasteiger partial charge in [0.2, 0.25) is 11.7 Å². The molecule has 2 aromatic rings. The molecule has 1 aliphatic heterocycles. The number of rotatable bonds is 8. The molecule has 28 heavy (non-hydrogen) atoms. The fraction of sp³-hybridized carbons (Fsp3) is 0.500. The maximum atomic E-state index is 7.53. The molecule has 0 aliphatic carbocycles. The first kappa shape index (κ1) is 19.9. The Morgan fingerprint density at radius 1 is 1.36 bits per heavy atom. The number of nitrogens with one attached hydrogen (secondary N) is 1. The van der Waals surface area contributed by atoms with Crippen LogP contribution in [0.2, 0.25) is 0 Å². The summed E-state index contributed by atoms with van der Waals surface area (Å²) in [5.41, 5.74) is 8.27. The van der Waals surface area contributed by atoms with Gasteiger partial charge in [-0.1, -0.05) is 54.3 Å². The molecule has 0 saturated carbocycles. The first-order chi connectivity index (χ1) is 13.6. The van der Waals surface area contributed by atoms with Crippen molar-refractivity contribution in [2.75, 3.05) is 19.7 Å². The molecule has 3 N–H and O–H groups in total. The lowest BCUT2D eigenvalue weighted by molar-refractivity contribution is 0.140. The number of hydrogen-bond donors (Lipinski definition) is 2. The summed E-state index contributed by atoms with van der Waals surface area (Å²) in [6.07, 6.45) is 4.20. The Bertz CT molecular complexity index is 814. The smallest absolute Gasteiger partial charge is 0.231 e. The number of benzene rings is 1. The highest BCUT2D eigenvalue weighted by molar-refractivity contribution is 5.98. The van der Waals surface area contributed by atoms with Crippen LogP contribution in [0.25, 0.3) is 11.4 Å². The largest absolute Gasteiger partial charge is 0.396 e. The van der Waals surface area contributed by atoms with Gasteiger partial charge in [-0.05, 0) is 25.3 Å². The first-order valence-electron chi connectivity index (χ1n) is 9.78. The van der Waals surface area contributed by atoms with Gasteiger partial charge in [0, 0.05) is 18.7 Å². The lowest BCUT2D eigenvalue weighted by atomic mass is 10.1. The van der Waals surface area contributed by atoms with Gasteiger partial charge in [-0.2, -0.15) is 4.98 Å². The van der Waals surface area contributed by atoms with Crippen LogP contribution in [0.15, 0.2) is 33.9 Å². The number of hydrogen-bond acceptors (Lipinski definition) is 6. The average molecular weight is 384 g/mol. The van der Waals surface area contributed by atoms with Crippen LogP contribution >= 0.6 is 0 Å². The standard InChI is InChI=1S/C20H28N6O2/c1-3-4-5-12-27-24-14(2)15-6-8-16(9-7-15)18-23-19(28-25-18)17-10-11-26(13-17)20(21)22/h6-9,17H,3-5,10-13H2,1-2H3,(H3,21,22)/b24-14-/t17-/m1/s1. The van der Waals surface area contributed by atoms with Crippen molar-refractivity contribution in [3.05, 3.63) is 35.7 Å². The fourth-order valence-electron chi connectivity index (χ4n) is 3.17. The van der Waals surface area contributed by atoms with E-state index in [4.69, 9.17) is 20.5 Å². The maximum absolute atomic E-state index is 7.53. The van der Waals surface area contributed by atoms with E-state index < -0.39 is 0 Å². The van der Waals surface area contributed by atoms with Gasteiger partial charge in [0.25, 0.3) is 0 Å². The van der Waals surface area contributed by atoms with Crippen molar-refractivity contribution in [1.29, 1.82) is 5.41 Å². The van der Waals surface area contributed by atoms with E-state index in [0.29, 0.717) is 24.9 Å². The molecule has 1 fully saturated rings. The summed E-state index contributed by atoms with van der Waals surface area (Å²) in [4.78, 5) is 11.7. The molecule has 1 aromatic heterocycles. The molecular formula is C20H28N6O2. The highest BCUT2D eigenvalue weighted by Gasteiger charge is 2.29. The van der Waals surface area contributed by atoms with Crippen molar-refractivity contribution < 1.29 is 9.36 Å². The SMILES string of the molecule is CCCCCO/N=C(/C)c1ccc(-c2noc([C@@H]3CCN(C(=N)N)C3)n2)cc1. The minimum Gasteiger partial charge on any atom is -0.396 e. The summed E-state index contributed by atoms with van der Waals surface area (Å²) < 4.78 is 5.45. The topological polar surface area (TPSA) is 114 Å². The fourth-order valence-corrected chi connectivity index (χ4v) is 3.17. The Labute approximate surface area is 165 Å². The van der Waals surface area contributed by atoms with Crippen molar-refractivity contribution in [2.45, 2.75) is 45.4 Å². The van der Waals surface area contributed by atoms with Gasteiger partial charge < -0.3 is 20.0 Å². The normalized spacial score (nSPS) is 17.1. The summed E-state index contributed by atoms with van der Waals surface area (Å²) >= 11 is 0. The van der Waals surface area contributed by atoms with Crippen LogP contribution in [-0.4, -0.2) is 46.4 Å². The second kappa shape index (κ2) is 9.34. The van der Waals surface area contributed by atoms with Crippen molar-refractivity contribution >= 4 is 11.7 Å². The molecule has 0 spiro atoms. The van der Waals surface area contributed by atoms with Crippen LogP contribution in [0.3, 0.4) is 0 Å². The number of oxime groups is 1. The van der Waals surface area contributed by atoms with Crippen LogP contribution in [0.1, 0.15) is 56.9 Å². The highest BCUT2D eigenvalue weighted by atomic mass is 16.6. The van der Waals surface area contributed by atoms with Gasteiger partial charge in [-0.15, -0.1) is 0 Å². The van der Waals surface area contributed by atoms with E-state index in [1.54, 1.807) is 0 Å². The lowest BCUT2D eigenvalue weighted by Crippen LogP contribution is -2.34. The van der Waals surface area contributed by atoms with Crippen LogP contribution < -0.4 is 5.73 Å². The van der Waals surface area contributed by atoms with Gasteiger partial charge in [0.1, 0.15) is 6.61 Å². The summed E-state index contributed by atoms with van der Waals surface area (Å²) in [5, 5.41) is 15.8. The molecular weight excluding hydrogens is 356 g/mol. The van der Waals surface area contributed by atoms with Crippen molar-refractivity contribution in [2.24, 2.45) is 10.9 Å². The molecule has 0 radical (unpaired) electrons. The number of aromatic nitrogens is 2. The highest BCUT2D eigenvalue weighted by Crippen LogP contribution is 2.27. The monoisotopic (exact) mass is 384 g/mol. The molecule has 1 saturated heterocycles. The third kappa shape index (κ3) is 4.88. The molecule has 0 unspecified atom stereocenters. The third-order valence-corrected chi connectivity index (χ3v) is 4.92. The van der Waals surface area contributed by atoms with Gasteiger partial charge in [0.05, 0.1) is 11.6 Å². The van der Waals surface area contributed by atoms with Gasteiger partial charge in [-0.3, -0.25) is 5.41 Å². The summed E-state index contributed by atoms with van der Waals surface area (Å²) in [6, 6.07) is 7.87. The van der Waals surface area contributed by atoms with Crippen LogP contribution in [0.5, 0.6) is 0 Å². The van der Waals surface area contributed by atoms with Crippen LogP contribution in [0, 0.1) is 5.41 Å². The molecule has 0 amide bonds. The van der Waals surface area contributed by atoms with E-state index in [1.165, 1.54) is 6.42 Å². The minimum atomic E-state index is 0.0872. The van der Waals surface area contributed by atoms with E-state index in [-0.39, 0.29) is 11.9 Å². The summed E-state index contributed by atoms with van der Waals surface area (Å²) in [5.74, 6) is 1.36. The van der Waals surface area contributed by atoms with E-state index in [9.17, 15) is 0 Å². The molecule has 2 heterocycles. The average Bonchev–Trinajstić information content (AvgIpc) is 3.37. The second-order valence-electron chi connectivity index (χ2n) is 7.07. The predicted octanol–water partition coefficient (Wildman–Crippen LogP) is 3.35. The van der Waals surface area contributed by atoms with Gasteiger partial charge >= 0.3 is 0 Å². The lowest BCUT2D eigenvalue weighted by Gasteiger charge is -2.14. The molecule has 1 aromatic carbocycles. The minimum absolute atomic E-state index is 0.0872. The molecule has 150 valence electrons. The Morgan fingerprint density at radius 2 is 2.14 bits per heavy atom. The Balaban J connectivity index is 1.60. The Morgan fingerprint density at radius 3 is 2.82 bits per heavy atom. The van der Waals surface area contributed by atoms with Gasteiger partial charge in [-0.25, -0.2) is 0 Å². The molecule has 8 heteroatoms. The Hall–Kier alpha value is -2.90. The number of guanidine groups is 1. The zero-order chi connectivity index (χ0) is 19.9. The molecule has 1 atom stereocenters. The maximum Gasteiger partial charge on any atom is 0.231 e. The molecule has 8 nitrogen and oxygen atoms in total. The van der Waals surface area contributed by atoms with E-state index >= 15 is 0 Å². The predicted molar refractivity (Wildman–Crippen MR) is 108 cm³/mol. The quantitative estimate of drug-likeness (QED) is 0.312. The van der Waals surface area contributed by atoms with Crippen LogP contribution in [-0.2, 0) is 4.84 Å². The van der Waals surface area contributed by atoms with Crippen LogP contribution in [0.4, 0.5) is 0 Å². The number of nitrogens with zero attached hydrogens (tertiary/aromatic N) is 4. The zero-order valence-electron chi connectivity index (χ0n) is 16.5. The van der Waals surface area contributed by atoms with Crippen molar-refractivity contribution in [3.8, 4) is 11.4 Å². The second-order valence-corrected chi connectivity index (χ2v) is 7.07. The number of likely N-dealkylation sites (tertiary alicyclic amines) is 1. The number of nitrogens with two attached hydrogens (primary N) is 1. The summed E-state index contributed by atoms with van der Waals surface area (Å²) in [6.45, 7) is 6.13. The molecule has 3 rings (SSSR count). The Kier molecular flexibility index (Phi) is 6.62. The summed E-state index contributed by atoms with van der Waals surface area (Å²) in [7, 11) is 0. The van der Waals surface area contributed by atoms with Gasteiger partial charge in [0.15, 0.2) is 5.96 Å². The molecule has 0 bridgehead atoms. The van der Waals surface area contributed by atoms with Crippen molar-refractivity contribution in [1.82, 2.24) is 15.0 Å². The first-order valence-corrected chi connectivity index (χ1v) is 9.78. The zero-order valence-corrected chi connectivity index (χ0v) is 16.5. The number of unbranched alkanes of at least 4 members (excludes halogenated alkanes) is 2. The third-order valence-electron chi connectivity index (χ3n) is 4.92.